The fourth-order valence-corrected chi connectivity index (χ4v) is 4.33. The first-order chi connectivity index (χ1) is 12.6. The molecule has 0 aliphatic carbocycles. The Bertz CT molecular complexity index is 869. The van der Waals surface area contributed by atoms with Crippen molar-refractivity contribution in [2.24, 2.45) is 0 Å². The van der Waals surface area contributed by atoms with Crippen LogP contribution in [0, 0.1) is 20.8 Å². The Kier molecular flexibility index (Phi) is 4.69. The second-order valence-corrected chi connectivity index (χ2v) is 7.76. The van der Waals surface area contributed by atoms with Crippen LogP contribution in [-0.4, -0.2) is 16.0 Å². The molecule has 2 nitrogen and oxygen atoms in total. The van der Waals surface area contributed by atoms with Crippen LogP contribution in [0.4, 0.5) is 0 Å². The number of rotatable bonds is 3. The summed E-state index contributed by atoms with van der Waals surface area (Å²) in [6.07, 6.45) is 3.42. The molecular weight excluding hydrogens is 316 g/mol. The number of fused-ring (bicyclic) bond motifs is 1. The van der Waals surface area contributed by atoms with Gasteiger partial charge in [0.25, 0.3) is 0 Å². The molecule has 1 atom stereocenters. The first kappa shape index (κ1) is 17.1. The van der Waals surface area contributed by atoms with Gasteiger partial charge in [-0.2, -0.15) is 0 Å². The molecule has 0 fully saturated rings. The third-order valence-corrected chi connectivity index (χ3v) is 5.41. The highest BCUT2D eigenvalue weighted by Crippen LogP contribution is 2.33. The largest absolute Gasteiger partial charge is 0.350 e. The topological polar surface area (TPSA) is 8.17 Å². The van der Waals surface area contributed by atoms with E-state index >= 15 is 0 Å². The molecule has 4 rings (SSSR count). The van der Waals surface area contributed by atoms with Crippen molar-refractivity contribution in [2.75, 3.05) is 6.54 Å². The quantitative estimate of drug-likeness (QED) is 0.617. The Morgan fingerprint density at radius 1 is 0.846 bits per heavy atom. The third kappa shape index (κ3) is 3.47. The fraction of sp³-hybridized carbons (Fsp3) is 0.333. The summed E-state index contributed by atoms with van der Waals surface area (Å²) in [6, 6.07) is 20.8. The molecule has 26 heavy (non-hydrogen) atoms. The van der Waals surface area contributed by atoms with Gasteiger partial charge in [0, 0.05) is 31.5 Å². The molecule has 1 aromatic heterocycles. The van der Waals surface area contributed by atoms with E-state index in [0.717, 1.165) is 19.6 Å². The zero-order chi connectivity index (χ0) is 18.1. The molecule has 0 bridgehead atoms. The van der Waals surface area contributed by atoms with Crippen LogP contribution >= 0.6 is 0 Å². The lowest BCUT2D eigenvalue weighted by molar-refractivity contribution is 0.220. The average molecular weight is 345 g/mol. The monoisotopic (exact) mass is 344 g/mol. The number of hydrogen-bond donors (Lipinski definition) is 0. The Hall–Kier alpha value is -2.32. The molecule has 2 heterocycles. The molecule has 0 saturated carbocycles. The summed E-state index contributed by atoms with van der Waals surface area (Å²) in [5, 5.41) is 0. The Balaban J connectivity index is 1.74. The third-order valence-electron chi connectivity index (χ3n) is 5.41. The van der Waals surface area contributed by atoms with Crippen LogP contribution < -0.4 is 0 Å². The van der Waals surface area contributed by atoms with E-state index in [9.17, 15) is 0 Å². The van der Waals surface area contributed by atoms with Crippen molar-refractivity contribution in [1.82, 2.24) is 9.47 Å². The minimum atomic E-state index is 0.314. The van der Waals surface area contributed by atoms with Crippen LogP contribution in [0.5, 0.6) is 0 Å². The van der Waals surface area contributed by atoms with Crippen LogP contribution in [0.2, 0.25) is 0 Å². The molecule has 1 unspecified atom stereocenters. The van der Waals surface area contributed by atoms with Crippen molar-refractivity contribution in [3.05, 3.63) is 94.3 Å². The predicted octanol–water partition coefficient (Wildman–Crippen LogP) is 5.41. The van der Waals surface area contributed by atoms with E-state index in [4.69, 9.17) is 0 Å². The van der Waals surface area contributed by atoms with Gasteiger partial charge in [0.15, 0.2) is 0 Å². The smallest absolute Gasteiger partial charge is 0.0759 e. The highest BCUT2D eigenvalue weighted by atomic mass is 15.2. The molecule has 0 N–H and O–H groups in total. The van der Waals surface area contributed by atoms with Crippen LogP contribution in [0.3, 0.4) is 0 Å². The number of benzene rings is 2. The highest BCUT2D eigenvalue weighted by molar-refractivity contribution is 5.33. The molecule has 3 aromatic rings. The van der Waals surface area contributed by atoms with E-state index in [0.29, 0.717) is 6.04 Å². The molecule has 2 aromatic carbocycles. The maximum Gasteiger partial charge on any atom is 0.0759 e. The van der Waals surface area contributed by atoms with Crippen molar-refractivity contribution in [3.8, 4) is 0 Å². The van der Waals surface area contributed by atoms with E-state index in [-0.39, 0.29) is 0 Å². The lowest BCUT2D eigenvalue weighted by Crippen LogP contribution is -2.29. The van der Waals surface area contributed by atoms with Crippen LogP contribution in [0.1, 0.15) is 46.0 Å². The SMILES string of the molecule is Cc1ccc(C2c3cccn3CCCN2Cc2cc(C)cc(C)c2)cc1. The van der Waals surface area contributed by atoms with E-state index in [1.54, 1.807) is 0 Å². The summed E-state index contributed by atoms with van der Waals surface area (Å²) in [4.78, 5) is 2.65. The van der Waals surface area contributed by atoms with Crippen molar-refractivity contribution in [2.45, 2.75) is 46.3 Å². The summed E-state index contributed by atoms with van der Waals surface area (Å²) < 4.78 is 2.44. The van der Waals surface area contributed by atoms with Gasteiger partial charge in [-0.15, -0.1) is 0 Å². The summed E-state index contributed by atoms with van der Waals surface area (Å²) in [5.41, 5.74) is 8.24. The first-order valence-electron chi connectivity index (χ1n) is 9.63. The normalized spacial score (nSPS) is 17.7. The minimum absolute atomic E-state index is 0.314. The van der Waals surface area contributed by atoms with Crippen molar-refractivity contribution < 1.29 is 0 Å². The maximum atomic E-state index is 2.65. The summed E-state index contributed by atoms with van der Waals surface area (Å²) in [7, 11) is 0. The van der Waals surface area contributed by atoms with Gasteiger partial charge in [-0.05, 0) is 50.5 Å². The standard InChI is InChI=1S/C24H28N2/c1-18-7-9-22(10-8-18)24-23-6-4-11-25(23)12-5-13-26(24)17-21-15-19(2)14-20(3)16-21/h4,6-11,14-16,24H,5,12-13,17H2,1-3H3. The van der Waals surface area contributed by atoms with Crippen molar-refractivity contribution in [1.29, 1.82) is 0 Å². The van der Waals surface area contributed by atoms with Crippen LogP contribution in [0.25, 0.3) is 0 Å². The van der Waals surface area contributed by atoms with Gasteiger partial charge in [-0.3, -0.25) is 4.90 Å². The first-order valence-corrected chi connectivity index (χ1v) is 9.63. The molecule has 0 amide bonds. The fourth-order valence-electron chi connectivity index (χ4n) is 4.33. The van der Waals surface area contributed by atoms with E-state index in [2.05, 4.69) is 91.0 Å². The van der Waals surface area contributed by atoms with E-state index in [1.807, 2.05) is 0 Å². The summed E-state index contributed by atoms with van der Waals surface area (Å²) in [6.45, 7) is 9.77. The molecule has 0 spiro atoms. The zero-order valence-electron chi connectivity index (χ0n) is 16.1. The molecule has 134 valence electrons. The average Bonchev–Trinajstić information content (AvgIpc) is 2.97. The molecule has 1 aliphatic heterocycles. The Morgan fingerprint density at radius 3 is 2.31 bits per heavy atom. The van der Waals surface area contributed by atoms with Crippen LogP contribution in [-0.2, 0) is 13.1 Å². The molecule has 2 heteroatoms. The van der Waals surface area contributed by atoms with Crippen molar-refractivity contribution >= 4 is 0 Å². The van der Waals surface area contributed by atoms with Crippen LogP contribution in [0.15, 0.2) is 60.8 Å². The van der Waals surface area contributed by atoms with Gasteiger partial charge in [-0.1, -0.05) is 59.2 Å². The lowest BCUT2D eigenvalue weighted by Gasteiger charge is -2.31. The predicted molar refractivity (Wildman–Crippen MR) is 108 cm³/mol. The summed E-state index contributed by atoms with van der Waals surface area (Å²) >= 11 is 0. The second-order valence-electron chi connectivity index (χ2n) is 7.76. The van der Waals surface area contributed by atoms with Gasteiger partial charge < -0.3 is 4.57 Å². The van der Waals surface area contributed by atoms with Gasteiger partial charge in [0.1, 0.15) is 0 Å². The van der Waals surface area contributed by atoms with Gasteiger partial charge in [0.05, 0.1) is 6.04 Å². The second kappa shape index (κ2) is 7.13. The maximum absolute atomic E-state index is 2.65. The van der Waals surface area contributed by atoms with Crippen molar-refractivity contribution in [3.63, 3.8) is 0 Å². The van der Waals surface area contributed by atoms with Gasteiger partial charge in [-0.25, -0.2) is 0 Å². The molecular formula is C24H28N2. The molecule has 0 radical (unpaired) electrons. The molecule has 1 aliphatic rings. The molecule has 0 saturated heterocycles. The van der Waals surface area contributed by atoms with Gasteiger partial charge >= 0.3 is 0 Å². The lowest BCUT2D eigenvalue weighted by atomic mass is 9.99. The number of aryl methyl sites for hydroxylation is 4. The number of hydrogen-bond acceptors (Lipinski definition) is 1. The Labute approximate surface area is 157 Å². The minimum Gasteiger partial charge on any atom is -0.350 e. The number of aromatic nitrogens is 1. The Morgan fingerprint density at radius 2 is 1.58 bits per heavy atom. The van der Waals surface area contributed by atoms with E-state index < -0.39 is 0 Å². The number of nitrogens with zero attached hydrogens (tertiary/aromatic N) is 2. The zero-order valence-corrected chi connectivity index (χ0v) is 16.1. The highest BCUT2D eigenvalue weighted by Gasteiger charge is 2.27. The summed E-state index contributed by atoms with van der Waals surface area (Å²) in [5.74, 6) is 0. The van der Waals surface area contributed by atoms with Gasteiger partial charge in [0.2, 0.25) is 0 Å². The van der Waals surface area contributed by atoms with E-state index in [1.165, 1.54) is 39.9 Å².